The van der Waals surface area contributed by atoms with E-state index < -0.39 is 0 Å². The van der Waals surface area contributed by atoms with Gasteiger partial charge in [0.1, 0.15) is 5.82 Å². The monoisotopic (exact) mass is 505 g/mol. The van der Waals surface area contributed by atoms with Gasteiger partial charge >= 0.3 is 6.03 Å². The minimum Gasteiger partial charge on any atom is -0.335 e. The standard InChI is InChI=1S/C28H36FN7O/c1-3-18-12-22(27-33-34-35-36(27)2)16-25(13-18)31-28(37)32-26-7-5-4-6-21(26)17-30-24-11-9-19-14-23(29)10-8-20(19)15-24/h8,10,12-14,16,21,24,26,30H,3-7,9,11,15,17H2,1-2H3,(H2,31,32,37)/t21-,24?,26+/m0/s1. The average Bonchev–Trinajstić information content (AvgIpc) is 3.33. The second kappa shape index (κ2) is 11.4. The number of fused-ring (bicyclic) bond motifs is 1. The predicted octanol–water partition coefficient (Wildman–Crippen LogP) is 4.41. The Balaban J connectivity index is 1.19. The Labute approximate surface area is 217 Å². The summed E-state index contributed by atoms with van der Waals surface area (Å²) >= 11 is 0. The number of nitrogens with zero attached hydrogens (tertiary/aromatic N) is 4. The Morgan fingerprint density at radius 1 is 1.11 bits per heavy atom. The van der Waals surface area contributed by atoms with Gasteiger partial charge in [0.15, 0.2) is 5.82 Å². The maximum Gasteiger partial charge on any atom is 0.319 e. The third-order valence-corrected chi connectivity index (χ3v) is 7.83. The zero-order valence-electron chi connectivity index (χ0n) is 21.6. The SMILES string of the molecule is CCc1cc(NC(=O)N[C@@H]2CCCC[C@H]2CNC2CCc3cc(F)ccc3C2)cc(-c2nnnn2C)c1. The largest absolute Gasteiger partial charge is 0.335 e. The quantitative estimate of drug-likeness (QED) is 0.442. The van der Waals surface area contributed by atoms with Gasteiger partial charge in [-0.2, -0.15) is 0 Å². The van der Waals surface area contributed by atoms with Crippen molar-refractivity contribution in [2.45, 2.75) is 70.4 Å². The van der Waals surface area contributed by atoms with Gasteiger partial charge in [-0.05, 0) is 102 Å². The lowest BCUT2D eigenvalue weighted by Crippen LogP contribution is -2.48. The third-order valence-electron chi connectivity index (χ3n) is 7.83. The molecule has 0 bridgehead atoms. The topological polar surface area (TPSA) is 96.8 Å². The number of hydrogen-bond donors (Lipinski definition) is 3. The summed E-state index contributed by atoms with van der Waals surface area (Å²) in [4.78, 5) is 13.0. The molecule has 2 aliphatic carbocycles. The molecule has 1 fully saturated rings. The molecule has 0 radical (unpaired) electrons. The van der Waals surface area contributed by atoms with Crippen molar-refractivity contribution < 1.29 is 9.18 Å². The van der Waals surface area contributed by atoms with Crippen LogP contribution in [-0.2, 0) is 26.3 Å². The Bertz CT molecular complexity index is 1240. The smallest absolute Gasteiger partial charge is 0.319 e. The molecule has 0 aliphatic heterocycles. The van der Waals surface area contributed by atoms with Crippen LogP contribution in [0.1, 0.15) is 55.7 Å². The number of hydrogen-bond acceptors (Lipinski definition) is 5. The van der Waals surface area contributed by atoms with E-state index >= 15 is 0 Å². The number of urea groups is 1. The average molecular weight is 506 g/mol. The molecular weight excluding hydrogens is 469 g/mol. The first-order valence-electron chi connectivity index (χ1n) is 13.4. The van der Waals surface area contributed by atoms with E-state index in [0.29, 0.717) is 17.8 Å². The van der Waals surface area contributed by atoms with Crippen molar-refractivity contribution in [2.24, 2.45) is 13.0 Å². The molecule has 196 valence electrons. The number of carbonyl (C=O) groups excluding carboxylic acids is 1. The van der Waals surface area contributed by atoms with Gasteiger partial charge < -0.3 is 16.0 Å². The molecule has 2 aliphatic rings. The molecule has 2 aromatic carbocycles. The molecule has 37 heavy (non-hydrogen) atoms. The number of rotatable bonds is 7. The van der Waals surface area contributed by atoms with E-state index in [9.17, 15) is 9.18 Å². The summed E-state index contributed by atoms with van der Waals surface area (Å²) in [5, 5.41) is 21.8. The van der Waals surface area contributed by atoms with Crippen LogP contribution in [0.2, 0.25) is 0 Å². The minimum atomic E-state index is -0.180. The molecule has 1 heterocycles. The van der Waals surface area contributed by atoms with Gasteiger partial charge in [0, 0.05) is 36.9 Å². The zero-order chi connectivity index (χ0) is 25.8. The number of anilines is 1. The van der Waals surface area contributed by atoms with Gasteiger partial charge in [-0.15, -0.1) is 5.10 Å². The van der Waals surface area contributed by atoms with Crippen molar-refractivity contribution in [3.05, 3.63) is 58.9 Å². The molecular formula is C28H36FN7O. The van der Waals surface area contributed by atoms with E-state index in [1.54, 1.807) is 23.9 Å². The molecule has 1 saturated carbocycles. The molecule has 8 nitrogen and oxygen atoms in total. The third kappa shape index (κ3) is 6.15. The molecule has 3 atom stereocenters. The fourth-order valence-electron chi connectivity index (χ4n) is 5.76. The Morgan fingerprint density at radius 3 is 2.78 bits per heavy atom. The fourth-order valence-corrected chi connectivity index (χ4v) is 5.76. The first kappa shape index (κ1) is 25.3. The molecule has 5 rings (SSSR count). The normalized spacial score (nSPS) is 21.3. The van der Waals surface area contributed by atoms with Gasteiger partial charge in [-0.1, -0.05) is 25.8 Å². The number of benzene rings is 2. The highest BCUT2D eigenvalue weighted by Crippen LogP contribution is 2.27. The highest BCUT2D eigenvalue weighted by Gasteiger charge is 2.28. The van der Waals surface area contributed by atoms with E-state index in [2.05, 4.69) is 44.5 Å². The molecule has 3 N–H and O–H groups in total. The van der Waals surface area contributed by atoms with E-state index in [1.165, 1.54) is 12.0 Å². The van der Waals surface area contributed by atoms with Crippen molar-refractivity contribution in [3.8, 4) is 11.4 Å². The van der Waals surface area contributed by atoms with Crippen LogP contribution >= 0.6 is 0 Å². The summed E-state index contributed by atoms with van der Waals surface area (Å²) < 4.78 is 15.2. The van der Waals surface area contributed by atoms with E-state index in [4.69, 9.17) is 0 Å². The van der Waals surface area contributed by atoms with Crippen LogP contribution in [0.15, 0.2) is 36.4 Å². The summed E-state index contributed by atoms with van der Waals surface area (Å²) in [5.74, 6) is 0.895. The van der Waals surface area contributed by atoms with Crippen LogP contribution in [0.25, 0.3) is 11.4 Å². The Morgan fingerprint density at radius 2 is 1.97 bits per heavy atom. The second-order valence-electron chi connectivity index (χ2n) is 10.4. The number of aryl methyl sites for hydroxylation is 3. The van der Waals surface area contributed by atoms with Crippen LogP contribution < -0.4 is 16.0 Å². The van der Waals surface area contributed by atoms with Crippen molar-refractivity contribution >= 4 is 11.7 Å². The number of aromatic nitrogens is 4. The number of tetrazole rings is 1. The van der Waals surface area contributed by atoms with Crippen LogP contribution in [0.3, 0.4) is 0 Å². The highest BCUT2D eigenvalue weighted by atomic mass is 19.1. The lowest BCUT2D eigenvalue weighted by molar-refractivity contribution is 0.222. The van der Waals surface area contributed by atoms with Crippen LogP contribution in [0.4, 0.5) is 14.9 Å². The van der Waals surface area contributed by atoms with E-state index in [0.717, 1.165) is 73.9 Å². The van der Waals surface area contributed by atoms with Gasteiger partial charge in [0.05, 0.1) is 0 Å². The number of nitrogens with one attached hydrogen (secondary N) is 3. The maximum atomic E-state index is 13.5. The highest BCUT2D eigenvalue weighted by molar-refractivity contribution is 5.90. The van der Waals surface area contributed by atoms with E-state index in [1.807, 2.05) is 18.2 Å². The predicted molar refractivity (Wildman–Crippen MR) is 142 cm³/mol. The number of carbonyl (C=O) groups is 1. The van der Waals surface area contributed by atoms with Crippen LogP contribution in [0.5, 0.6) is 0 Å². The molecule has 1 aromatic heterocycles. The second-order valence-corrected chi connectivity index (χ2v) is 10.4. The summed E-state index contributed by atoms with van der Waals surface area (Å²) in [6, 6.07) is 11.5. The number of amides is 2. The van der Waals surface area contributed by atoms with E-state index in [-0.39, 0.29) is 17.9 Å². The molecule has 3 aromatic rings. The van der Waals surface area contributed by atoms with Crippen LogP contribution in [0, 0.1) is 11.7 Å². The summed E-state index contributed by atoms with van der Waals surface area (Å²) in [6.45, 7) is 2.96. The lowest BCUT2D eigenvalue weighted by atomic mass is 9.83. The van der Waals surface area contributed by atoms with Crippen molar-refractivity contribution in [1.29, 1.82) is 0 Å². The van der Waals surface area contributed by atoms with Gasteiger partial charge in [-0.3, -0.25) is 0 Å². The Hall–Kier alpha value is -3.33. The first-order valence-corrected chi connectivity index (χ1v) is 13.4. The fraction of sp³-hybridized carbons (Fsp3) is 0.500. The molecule has 0 spiro atoms. The maximum absolute atomic E-state index is 13.5. The molecule has 2 amide bonds. The number of halogens is 1. The van der Waals surface area contributed by atoms with Gasteiger partial charge in [0.25, 0.3) is 0 Å². The molecule has 0 saturated heterocycles. The molecule has 9 heteroatoms. The van der Waals surface area contributed by atoms with Gasteiger partial charge in [0.2, 0.25) is 0 Å². The summed E-state index contributed by atoms with van der Waals surface area (Å²) in [7, 11) is 1.80. The Kier molecular flexibility index (Phi) is 7.79. The van der Waals surface area contributed by atoms with Crippen molar-refractivity contribution in [2.75, 3.05) is 11.9 Å². The minimum absolute atomic E-state index is 0.128. The molecule has 1 unspecified atom stereocenters. The van der Waals surface area contributed by atoms with Crippen LogP contribution in [-0.4, -0.2) is 44.9 Å². The first-order chi connectivity index (χ1) is 18.0. The van der Waals surface area contributed by atoms with Gasteiger partial charge in [-0.25, -0.2) is 13.9 Å². The summed E-state index contributed by atoms with van der Waals surface area (Å²) in [6.07, 6.45) is 8.08. The van der Waals surface area contributed by atoms with Crippen molar-refractivity contribution in [1.82, 2.24) is 30.8 Å². The summed E-state index contributed by atoms with van der Waals surface area (Å²) in [5.41, 5.74) is 5.09. The lowest BCUT2D eigenvalue weighted by Gasteiger charge is -2.34. The van der Waals surface area contributed by atoms with Crippen molar-refractivity contribution in [3.63, 3.8) is 0 Å². The zero-order valence-corrected chi connectivity index (χ0v) is 21.6.